The van der Waals surface area contributed by atoms with Gasteiger partial charge in [-0.25, -0.2) is 0 Å². The zero-order valence-corrected chi connectivity index (χ0v) is 7.33. The molecule has 0 spiro atoms. The molecule has 0 radical (unpaired) electrons. The van der Waals surface area contributed by atoms with E-state index in [1.54, 1.807) is 0 Å². The zero-order valence-electron chi connectivity index (χ0n) is 7.33. The van der Waals surface area contributed by atoms with Crippen LogP contribution < -0.4 is 5.73 Å². The maximum atomic E-state index is 9.26. The Hall–Kier alpha value is -0.860. The van der Waals surface area contributed by atoms with Crippen molar-refractivity contribution in [3.63, 3.8) is 0 Å². The van der Waals surface area contributed by atoms with Gasteiger partial charge in [0, 0.05) is 6.54 Å². The molecule has 2 nitrogen and oxygen atoms in total. The van der Waals surface area contributed by atoms with Crippen LogP contribution in [-0.4, -0.2) is 17.8 Å². The molecule has 12 heavy (non-hydrogen) atoms. The summed E-state index contributed by atoms with van der Waals surface area (Å²) in [6.45, 7) is 2.37. The van der Waals surface area contributed by atoms with E-state index in [2.05, 4.69) is 0 Å². The molecule has 0 amide bonds. The number of benzene rings is 1. The molecular formula is C10H15NO. The van der Waals surface area contributed by atoms with Gasteiger partial charge in [0.1, 0.15) is 0 Å². The molecule has 1 atom stereocenters. The maximum absolute atomic E-state index is 9.26. The van der Waals surface area contributed by atoms with E-state index in [-0.39, 0.29) is 0 Å². The summed E-state index contributed by atoms with van der Waals surface area (Å²) < 4.78 is 0. The van der Waals surface area contributed by atoms with Gasteiger partial charge in [0.25, 0.3) is 0 Å². The Morgan fingerprint density at radius 1 is 1.33 bits per heavy atom. The van der Waals surface area contributed by atoms with Gasteiger partial charge in [-0.15, -0.1) is 0 Å². The van der Waals surface area contributed by atoms with Gasteiger partial charge in [-0.05, 0) is 18.9 Å². The van der Waals surface area contributed by atoms with Crippen molar-refractivity contribution in [2.45, 2.75) is 19.4 Å². The molecule has 3 N–H and O–H groups in total. The van der Waals surface area contributed by atoms with Crippen molar-refractivity contribution in [1.29, 1.82) is 0 Å². The lowest BCUT2D eigenvalue weighted by Crippen LogP contribution is -2.21. The largest absolute Gasteiger partial charge is 0.391 e. The quantitative estimate of drug-likeness (QED) is 0.697. The van der Waals surface area contributed by atoms with Gasteiger partial charge in [0.05, 0.1) is 6.10 Å². The normalized spacial score (nSPS) is 12.9. The minimum atomic E-state index is -0.410. The summed E-state index contributed by atoms with van der Waals surface area (Å²) in [6.07, 6.45) is 0.240. The van der Waals surface area contributed by atoms with E-state index in [9.17, 15) is 5.11 Å². The van der Waals surface area contributed by atoms with Crippen molar-refractivity contribution >= 4 is 0 Å². The van der Waals surface area contributed by atoms with E-state index < -0.39 is 6.10 Å². The molecule has 0 saturated carbocycles. The predicted molar refractivity (Wildman–Crippen MR) is 49.9 cm³/mol. The van der Waals surface area contributed by atoms with E-state index in [0.717, 1.165) is 5.56 Å². The van der Waals surface area contributed by atoms with E-state index in [4.69, 9.17) is 5.73 Å². The molecule has 1 rings (SSSR count). The highest BCUT2D eigenvalue weighted by Gasteiger charge is 2.01. The van der Waals surface area contributed by atoms with Gasteiger partial charge in [-0.2, -0.15) is 0 Å². The first kappa shape index (κ1) is 9.23. The molecule has 1 aromatic rings. The van der Waals surface area contributed by atoms with E-state index >= 15 is 0 Å². The minimum Gasteiger partial charge on any atom is -0.391 e. The Morgan fingerprint density at radius 2 is 1.92 bits per heavy atom. The monoisotopic (exact) mass is 165 g/mol. The number of hydrogen-bond donors (Lipinski definition) is 2. The minimum absolute atomic E-state index is 0.327. The Morgan fingerprint density at radius 3 is 2.42 bits per heavy atom. The summed E-state index contributed by atoms with van der Waals surface area (Å²) in [6, 6.07) is 8.12. The second-order valence-electron chi connectivity index (χ2n) is 3.08. The lowest BCUT2D eigenvalue weighted by molar-refractivity contribution is 0.183. The molecule has 0 aliphatic carbocycles. The van der Waals surface area contributed by atoms with Crippen LogP contribution in [0.1, 0.15) is 11.1 Å². The van der Waals surface area contributed by atoms with Crippen molar-refractivity contribution in [1.82, 2.24) is 0 Å². The van der Waals surface area contributed by atoms with E-state index in [0.29, 0.717) is 13.0 Å². The van der Waals surface area contributed by atoms with Crippen LogP contribution in [0.15, 0.2) is 24.3 Å². The molecule has 0 aliphatic rings. The predicted octanol–water partition coefficient (Wildman–Crippen LogP) is 0.857. The Labute approximate surface area is 73.0 Å². The molecule has 1 unspecified atom stereocenters. The molecule has 0 saturated heterocycles. The first-order valence-corrected chi connectivity index (χ1v) is 4.16. The van der Waals surface area contributed by atoms with Gasteiger partial charge >= 0.3 is 0 Å². The summed E-state index contributed by atoms with van der Waals surface area (Å²) in [5.74, 6) is 0. The van der Waals surface area contributed by atoms with Crippen LogP contribution in [0.4, 0.5) is 0 Å². The third-order valence-corrected chi connectivity index (χ3v) is 1.86. The molecule has 0 heterocycles. The number of aryl methyl sites for hydroxylation is 1. The van der Waals surface area contributed by atoms with Crippen LogP contribution in [-0.2, 0) is 6.42 Å². The highest BCUT2D eigenvalue weighted by molar-refractivity contribution is 5.21. The molecule has 1 aromatic carbocycles. The fourth-order valence-corrected chi connectivity index (χ4v) is 1.08. The second kappa shape index (κ2) is 4.24. The number of aliphatic hydroxyl groups excluding tert-OH is 1. The first-order chi connectivity index (χ1) is 5.72. The molecule has 66 valence electrons. The lowest BCUT2D eigenvalue weighted by Gasteiger charge is -2.07. The smallest absolute Gasteiger partial charge is 0.0702 e. The highest BCUT2D eigenvalue weighted by Crippen LogP contribution is 2.05. The zero-order chi connectivity index (χ0) is 8.97. The lowest BCUT2D eigenvalue weighted by atomic mass is 10.1. The molecule has 0 aromatic heterocycles. The van der Waals surface area contributed by atoms with Gasteiger partial charge in [0.15, 0.2) is 0 Å². The molecule has 0 aliphatic heterocycles. The van der Waals surface area contributed by atoms with Crippen LogP contribution in [0.2, 0.25) is 0 Å². The fraction of sp³-hybridized carbons (Fsp3) is 0.400. The summed E-state index contributed by atoms with van der Waals surface area (Å²) in [5.41, 5.74) is 7.67. The Balaban J connectivity index is 2.58. The van der Waals surface area contributed by atoms with Crippen molar-refractivity contribution < 1.29 is 5.11 Å². The van der Waals surface area contributed by atoms with Crippen LogP contribution >= 0.6 is 0 Å². The fourth-order valence-electron chi connectivity index (χ4n) is 1.08. The van der Waals surface area contributed by atoms with Gasteiger partial charge in [-0.1, -0.05) is 29.8 Å². The first-order valence-electron chi connectivity index (χ1n) is 4.16. The molecule has 0 bridgehead atoms. The Bertz CT molecular complexity index is 230. The van der Waals surface area contributed by atoms with E-state index in [1.807, 2.05) is 31.2 Å². The topological polar surface area (TPSA) is 46.2 Å². The van der Waals surface area contributed by atoms with Crippen LogP contribution in [0, 0.1) is 6.92 Å². The van der Waals surface area contributed by atoms with Crippen LogP contribution in [0.5, 0.6) is 0 Å². The number of nitrogens with two attached hydrogens (primary N) is 1. The average Bonchev–Trinajstić information content (AvgIpc) is 2.09. The standard InChI is InChI=1S/C10H15NO/c1-8-2-4-9(5-3-8)6-10(12)7-11/h2-5,10,12H,6-7,11H2,1H3. The van der Waals surface area contributed by atoms with E-state index in [1.165, 1.54) is 5.56 Å². The second-order valence-corrected chi connectivity index (χ2v) is 3.08. The number of hydrogen-bond acceptors (Lipinski definition) is 2. The Kier molecular flexibility index (Phi) is 3.26. The maximum Gasteiger partial charge on any atom is 0.0702 e. The third-order valence-electron chi connectivity index (χ3n) is 1.86. The third kappa shape index (κ3) is 2.64. The van der Waals surface area contributed by atoms with Crippen LogP contribution in [0.25, 0.3) is 0 Å². The molecule has 2 heteroatoms. The van der Waals surface area contributed by atoms with Gasteiger partial charge in [-0.3, -0.25) is 0 Å². The van der Waals surface area contributed by atoms with Crippen LogP contribution in [0.3, 0.4) is 0 Å². The highest BCUT2D eigenvalue weighted by atomic mass is 16.3. The summed E-state index contributed by atoms with van der Waals surface area (Å²) in [5, 5.41) is 9.26. The van der Waals surface area contributed by atoms with Crippen molar-refractivity contribution in [2.24, 2.45) is 5.73 Å². The summed E-state index contributed by atoms with van der Waals surface area (Å²) in [7, 11) is 0. The van der Waals surface area contributed by atoms with Gasteiger partial charge in [0.2, 0.25) is 0 Å². The summed E-state index contributed by atoms with van der Waals surface area (Å²) >= 11 is 0. The molecular weight excluding hydrogens is 150 g/mol. The number of aliphatic hydroxyl groups is 1. The number of rotatable bonds is 3. The van der Waals surface area contributed by atoms with Crippen molar-refractivity contribution in [2.75, 3.05) is 6.54 Å². The van der Waals surface area contributed by atoms with Crippen molar-refractivity contribution in [3.8, 4) is 0 Å². The summed E-state index contributed by atoms with van der Waals surface area (Å²) in [4.78, 5) is 0. The van der Waals surface area contributed by atoms with Gasteiger partial charge < -0.3 is 10.8 Å². The average molecular weight is 165 g/mol. The SMILES string of the molecule is Cc1ccc(CC(O)CN)cc1. The molecule has 0 fully saturated rings. The van der Waals surface area contributed by atoms with Crippen molar-refractivity contribution in [3.05, 3.63) is 35.4 Å².